The van der Waals surface area contributed by atoms with Gasteiger partial charge >= 0.3 is 0 Å². The second-order valence-electron chi connectivity index (χ2n) is 7.41. The Morgan fingerprint density at radius 2 is 2.06 bits per heavy atom. The first kappa shape index (κ1) is 21.0. The van der Waals surface area contributed by atoms with E-state index in [1.54, 1.807) is 18.3 Å². The molecule has 4 rings (SSSR count). The topological polar surface area (TPSA) is 92.7 Å². The van der Waals surface area contributed by atoms with Gasteiger partial charge in [-0.3, -0.25) is 9.78 Å². The highest BCUT2D eigenvalue weighted by atomic mass is 35.5. The third-order valence-electron chi connectivity index (χ3n) is 5.36. The number of nitrogens with zero attached hydrogens (tertiary/aromatic N) is 4. The van der Waals surface area contributed by atoms with Crippen LogP contribution in [0.25, 0.3) is 11.3 Å². The van der Waals surface area contributed by atoms with E-state index < -0.39 is 17.4 Å². The number of anilines is 1. The number of carbonyl (C=O) groups is 1. The molecule has 0 spiro atoms. The molecule has 1 amide bonds. The lowest BCUT2D eigenvalue weighted by Crippen LogP contribution is -2.48. The second kappa shape index (κ2) is 8.50. The summed E-state index contributed by atoms with van der Waals surface area (Å²) in [5.41, 5.74) is 0.666. The molecule has 2 aromatic heterocycles. The summed E-state index contributed by atoms with van der Waals surface area (Å²) in [4.78, 5) is 20.3. The lowest BCUT2D eigenvalue weighted by molar-refractivity contribution is 0.0962. The smallest absolute Gasteiger partial charge is 0.251 e. The Hall–Kier alpha value is -3.20. The van der Waals surface area contributed by atoms with Crippen LogP contribution in [0.2, 0.25) is 5.02 Å². The predicted molar refractivity (Wildman–Crippen MR) is 112 cm³/mol. The van der Waals surface area contributed by atoms with E-state index in [2.05, 4.69) is 30.8 Å². The normalized spacial score (nSPS) is 20.1. The molecule has 10 heteroatoms. The number of hydrogen-bond donors (Lipinski definition) is 2. The van der Waals surface area contributed by atoms with Gasteiger partial charge in [0.1, 0.15) is 17.7 Å². The molecule has 1 saturated carbocycles. The van der Waals surface area contributed by atoms with Crippen LogP contribution < -0.4 is 10.6 Å². The zero-order valence-corrected chi connectivity index (χ0v) is 17.3. The van der Waals surface area contributed by atoms with Crippen molar-refractivity contribution in [1.82, 2.24) is 25.5 Å². The Bertz CT molecular complexity index is 1110. The second-order valence-corrected chi connectivity index (χ2v) is 7.82. The van der Waals surface area contributed by atoms with E-state index in [0.29, 0.717) is 35.7 Å². The maximum atomic E-state index is 14.2. The molecule has 2 heterocycles. The van der Waals surface area contributed by atoms with Crippen LogP contribution in [0, 0.1) is 5.82 Å². The van der Waals surface area contributed by atoms with Crippen LogP contribution in [0.15, 0.2) is 42.7 Å². The van der Waals surface area contributed by atoms with Gasteiger partial charge in [0.05, 0.1) is 16.9 Å². The fourth-order valence-corrected chi connectivity index (χ4v) is 4.04. The van der Waals surface area contributed by atoms with Crippen LogP contribution in [0.5, 0.6) is 0 Å². The van der Waals surface area contributed by atoms with Crippen molar-refractivity contribution >= 4 is 23.5 Å². The summed E-state index contributed by atoms with van der Waals surface area (Å²) < 4.78 is 28.0. The van der Waals surface area contributed by atoms with Gasteiger partial charge in [-0.1, -0.05) is 11.6 Å². The van der Waals surface area contributed by atoms with E-state index >= 15 is 0 Å². The van der Waals surface area contributed by atoms with Crippen LogP contribution in [-0.4, -0.2) is 45.8 Å². The molecule has 1 aliphatic carbocycles. The number of aromatic nitrogens is 4. The third kappa shape index (κ3) is 4.18. The molecule has 31 heavy (non-hydrogen) atoms. The number of halogens is 3. The van der Waals surface area contributed by atoms with Gasteiger partial charge in [0, 0.05) is 36.3 Å². The van der Waals surface area contributed by atoms with Gasteiger partial charge in [-0.2, -0.15) is 0 Å². The Morgan fingerprint density at radius 3 is 2.71 bits per heavy atom. The minimum atomic E-state index is -0.920. The van der Waals surface area contributed by atoms with E-state index in [0.717, 1.165) is 0 Å². The summed E-state index contributed by atoms with van der Waals surface area (Å²) in [5.74, 6) is -0.678. The molecule has 0 radical (unpaired) electrons. The molecule has 0 saturated heterocycles. The monoisotopic (exact) mass is 444 g/mol. The SMILES string of the molecule is CNC(=O)c1ccc(F)c(-c2cnc(NCC3(c4ncccc4Cl)CC(F)C3)nn2)c1. The highest BCUT2D eigenvalue weighted by Gasteiger charge is 2.48. The minimum Gasteiger partial charge on any atom is -0.355 e. The van der Waals surface area contributed by atoms with Crippen molar-refractivity contribution in [2.24, 2.45) is 0 Å². The highest BCUT2D eigenvalue weighted by Crippen LogP contribution is 2.46. The maximum absolute atomic E-state index is 14.2. The van der Waals surface area contributed by atoms with Gasteiger partial charge in [0.25, 0.3) is 5.91 Å². The van der Waals surface area contributed by atoms with Crippen molar-refractivity contribution in [3.63, 3.8) is 0 Å². The summed E-state index contributed by atoms with van der Waals surface area (Å²) in [5, 5.41) is 14.1. The Balaban J connectivity index is 1.52. The van der Waals surface area contributed by atoms with E-state index in [9.17, 15) is 13.6 Å². The molecule has 7 nitrogen and oxygen atoms in total. The predicted octanol–water partition coefficient (Wildman–Crippen LogP) is 3.57. The van der Waals surface area contributed by atoms with E-state index in [1.165, 1.54) is 31.4 Å². The lowest BCUT2D eigenvalue weighted by atomic mass is 9.65. The van der Waals surface area contributed by atoms with Gasteiger partial charge < -0.3 is 10.6 Å². The molecule has 0 unspecified atom stereocenters. The molecule has 1 aliphatic rings. The van der Waals surface area contributed by atoms with Crippen molar-refractivity contribution in [1.29, 1.82) is 0 Å². The number of hydrogen-bond acceptors (Lipinski definition) is 6. The zero-order chi connectivity index (χ0) is 22.0. The summed E-state index contributed by atoms with van der Waals surface area (Å²) >= 11 is 6.28. The lowest BCUT2D eigenvalue weighted by Gasteiger charge is -2.44. The first-order valence-electron chi connectivity index (χ1n) is 9.62. The molecule has 1 fully saturated rings. The number of carbonyl (C=O) groups excluding carboxylic acids is 1. The first-order chi connectivity index (χ1) is 14.9. The molecule has 2 N–H and O–H groups in total. The minimum absolute atomic E-state index is 0.114. The molecule has 1 aromatic carbocycles. The fraction of sp³-hybridized carbons (Fsp3) is 0.286. The Kier molecular flexibility index (Phi) is 5.77. The molecular formula is C21H19ClF2N6O. The van der Waals surface area contributed by atoms with Crippen LogP contribution in [0.1, 0.15) is 28.9 Å². The molecule has 160 valence electrons. The summed E-state index contributed by atoms with van der Waals surface area (Å²) in [6.45, 7) is 0.325. The van der Waals surface area contributed by atoms with Gasteiger partial charge in [-0.25, -0.2) is 13.8 Å². The van der Waals surface area contributed by atoms with Crippen LogP contribution >= 0.6 is 11.6 Å². The summed E-state index contributed by atoms with van der Waals surface area (Å²) in [6, 6.07) is 7.42. The number of pyridine rings is 1. The molecule has 0 aliphatic heterocycles. The van der Waals surface area contributed by atoms with Crippen molar-refractivity contribution < 1.29 is 13.6 Å². The van der Waals surface area contributed by atoms with Gasteiger partial charge in [-0.15, -0.1) is 10.2 Å². The maximum Gasteiger partial charge on any atom is 0.251 e. The third-order valence-corrected chi connectivity index (χ3v) is 5.67. The number of alkyl halides is 1. The van der Waals surface area contributed by atoms with Crippen LogP contribution in [0.4, 0.5) is 14.7 Å². The molecular weight excluding hydrogens is 426 g/mol. The molecule has 3 aromatic rings. The average Bonchev–Trinajstić information content (AvgIpc) is 2.76. The summed E-state index contributed by atoms with van der Waals surface area (Å²) in [6.07, 6.45) is 2.65. The van der Waals surface area contributed by atoms with Gasteiger partial charge in [0.2, 0.25) is 5.95 Å². The number of benzene rings is 1. The van der Waals surface area contributed by atoms with Crippen molar-refractivity contribution in [3.05, 3.63) is 64.8 Å². The molecule has 0 atom stereocenters. The van der Waals surface area contributed by atoms with Gasteiger partial charge in [0.15, 0.2) is 0 Å². The van der Waals surface area contributed by atoms with E-state index in [-0.39, 0.29) is 23.1 Å². The average molecular weight is 445 g/mol. The zero-order valence-electron chi connectivity index (χ0n) is 16.6. The number of amides is 1. The van der Waals surface area contributed by atoms with Crippen LogP contribution in [-0.2, 0) is 5.41 Å². The van der Waals surface area contributed by atoms with Crippen molar-refractivity contribution in [2.45, 2.75) is 24.4 Å². The highest BCUT2D eigenvalue weighted by molar-refractivity contribution is 6.31. The van der Waals surface area contributed by atoms with Crippen LogP contribution in [0.3, 0.4) is 0 Å². The standard InChI is InChI=1S/C21H19ClF2N6O/c1-25-19(31)12-4-5-16(24)14(7-12)17-10-27-20(30-29-17)28-11-21(8-13(23)9-21)18-15(22)3-2-6-26-18/h2-7,10,13H,8-9,11H2,1H3,(H,25,31)(H,27,28,30). The quantitative estimate of drug-likeness (QED) is 0.604. The Morgan fingerprint density at radius 1 is 1.26 bits per heavy atom. The van der Waals surface area contributed by atoms with Gasteiger partial charge in [-0.05, 0) is 43.2 Å². The largest absolute Gasteiger partial charge is 0.355 e. The number of rotatable bonds is 6. The number of nitrogens with one attached hydrogen (secondary N) is 2. The van der Waals surface area contributed by atoms with Crippen molar-refractivity contribution in [2.75, 3.05) is 18.9 Å². The van der Waals surface area contributed by atoms with Crippen molar-refractivity contribution in [3.8, 4) is 11.3 Å². The Labute approximate surface area is 182 Å². The first-order valence-corrected chi connectivity index (χ1v) is 10.0. The molecule has 0 bridgehead atoms. The summed E-state index contributed by atoms with van der Waals surface area (Å²) in [7, 11) is 1.49. The fourth-order valence-electron chi connectivity index (χ4n) is 3.72. The van der Waals surface area contributed by atoms with E-state index in [4.69, 9.17) is 11.6 Å². The van der Waals surface area contributed by atoms with E-state index in [1.807, 2.05) is 0 Å².